The number of anilines is 1. The van der Waals surface area contributed by atoms with Crippen LogP contribution in [0.25, 0.3) is 0 Å². The highest BCUT2D eigenvalue weighted by Crippen LogP contribution is 2.32. The van der Waals surface area contributed by atoms with Gasteiger partial charge in [0.15, 0.2) is 0 Å². The molecule has 1 heterocycles. The van der Waals surface area contributed by atoms with Crippen LogP contribution in [0, 0.1) is 5.92 Å². The summed E-state index contributed by atoms with van der Waals surface area (Å²) in [5.41, 5.74) is 2.28. The van der Waals surface area contributed by atoms with Crippen molar-refractivity contribution in [3.63, 3.8) is 0 Å². The van der Waals surface area contributed by atoms with Gasteiger partial charge in [-0.05, 0) is 49.7 Å². The summed E-state index contributed by atoms with van der Waals surface area (Å²) in [6, 6.07) is 7.04. The van der Waals surface area contributed by atoms with E-state index >= 15 is 0 Å². The lowest BCUT2D eigenvalue weighted by Crippen LogP contribution is -2.41. The Balaban J connectivity index is 2.12. The van der Waals surface area contributed by atoms with Crippen LogP contribution in [0.5, 0.6) is 0 Å². The van der Waals surface area contributed by atoms with Gasteiger partial charge in [-0.2, -0.15) is 0 Å². The first-order valence-electron chi connectivity index (χ1n) is 10.9. The van der Waals surface area contributed by atoms with Gasteiger partial charge in [-0.25, -0.2) is 4.79 Å². The first kappa shape index (κ1) is 23.7. The summed E-state index contributed by atoms with van der Waals surface area (Å²) in [5, 5.41) is 14.7. The summed E-state index contributed by atoms with van der Waals surface area (Å²) in [6.07, 6.45) is 4.50. The van der Waals surface area contributed by atoms with Crippen LogP contribution in [0.4, 0.5) is 5.69 Å². The lowest BCUT2D eigenvalue weighted by atomic mass is 9.94. The van der Waals surface area contributed by atoms with Crippen molar-refractivity contribution in [1.82, 2.24) is 10.6 Å². The van der Waals surface area contributed by atoms with E-state index in [0.717, 1.165) is 25.1 Å². The monoisotopic (exact) mass is 417 g/mol. The fourth-order valence-electron chi connectivity index (χ4n) is 3.98. The van der Waals surface area contributed by atoms with Gasteiger partial charge in [-0.15, -0.1) is 0 Å². The zero-order valence-electron chi connectivity index (χ0n) is 18.3. The zero-order chi connectivity index (χ0) is 22.1. The van der Waals surface area contributed by atoms with Crippen LogP contribution in [0.3, 0.4) is 0 Å². The highest BCUT2D eigenvalue weighted by atomic mass is 16.4. The van der Waals surface area contributed by atoms with Crippen molar-refractivity contribution in [2.45, 2.75) is 71.4 Å². The Labute approximate surface area is 179 Å². The number of benzene rings is 1. The van der Waals surface area contributed by atoms with Crippen molar-refractivity contribution in [3.05, 3.63) is 29.8 Å². The van der Waals surface area contributed by atoms with Gasteiger partial charge in [0.05, 0.1) is 6.04 Å². The number of nitrogens with zero attached hydrogens (tertiary/aromatic N) is 1. The molecule has 30 heavy (non-hydrogen) atoms. The van der Waals surface area contributed by atoms with Gasteiger partial charge in [0.25, 0.3) is 0 Å². The van der Waals surface area contributed by atoms with Crippen LogP contribution in [0.15, 0.2) is 24.3 Å². The summed E-state index contributed by atoms with van der Waals surface area (Å²) in [5.74, 6) is -1.37. The maximum Gasteiger partial charge on any atom is 0.326 e. The molecule has 0 unspecified atom stereocenters. The number of carboxylic acids is 1. The molecular formula is C23H35N3O4. The van der Waals surface area contributed by atoms with E-state index in [2.05, 4.69) is 41.5 Å². The second-order valence-electron chi connectivity index (χ2n) is 8.49. The first-order valence-corrected chi connectivity index (χ1v) is 10.9. The molecule has 2 atom stereocenters. The average Bonchev–Trinajstić information content (AvgIpc) is 2.70. The van der Waals surface area contributed by atoms with Crippen LogP contribution < -0.4 is 15.5 Å². The second kappa shape index (κ2) is 11.6. The molecule has 7 heteroatoms. The van der Waals surface area contributed by atoms with Gasteiger partial charge in [0, 0.05) is 32.1 Å². The molecule has 0 saturated carbocycles. The molecule has 1 fully saturated rings. The number of nitrogens with one attached hydrogen (secondary N) is 2. The van der Waals surface area contributed by atoms with E-state index in [9.17, 15) is 19.5 Å². The maximum atomic E-state index is 12.7. The molecule has 0 aliphatic carbocycles. The number of aliphatic carboxylic acids is 1. The maximum absolute atomic E-state index is 12.7. The molecule has 0 aromatic heterocycles. The Morgan fingerprint density at radius 2 is 1.73 bits per heavy atom. The summed E-state index contributed by atoms with van der Waals surface area (Å²) >= 11 is 0. The van der Waals surface area contributed by atoms with Gasteiger partial charge in [0.2, 0.25) is 11.8 Å². The van der Waals surface area contributed by atoms with E-state index in [1.165, 1.54) is 31.9 Å². The number of carboxylic acid groups (broad SMARTS) is 1. The molecule has 0 spiro atoms. The van der Waals surface area contributed by atoms with Gasteiger partial charge in [-0.3, -0.25) is 9.59 Å². The number of hydrogen-bond acceptors (Lipinski definition) is 4. The largest absolute Gasteiger partial charge is 0.480 e. The molecular weight excluding hydrogens is 382 g/mol. The first-order chi connectivity index (χ1) is 14.3. The third-order valence-electron chi connectivity index (χ3n) is 5.39. The van der Waals surface area contributed by atoms with Crippen molar-refractivity contribution >= 4 is 23.5 Å². The third-order valence-corrected chi connectivity index (χ3v) is 5.39. The standard InChI is InChI=1S/C23H35N3O4/c1-16(2)15-20(25-22(28)12-11-19(23(29)30)24-17(3)27)18-9-5-6-10-21(18)26-13-7-4-8-14-26/h5-6,9-10,16,19-20H,4,7-8,11-15H2,1-3H3,(H,24,27)(H,25,28)(H,29,30)/t19-,20-/m0/s1. The van der Waals surface area contributed by atoms with Crippen LogP contribution in [-0.2, 0) is 14.4 Å². The highest BCUT2D eigenvalue weighted by molar-refractivity contribution is 5.83. The van der Waals surface area contributed by atoms with Crippen molar-refractivity contribution in [2.75, 3.05) is 18.0 Å². The molecule has 2 rings (SSSR count). The molecule has 1 aromatic rings. The number of piperidine rings is 1. The van der Waals surface area contributed by atoms with E-state index in [1.807, 2.05) is 12.1 Å². The minimum absolute atomic E-state index is 0.0394. The van der Waals surface area contributed by atoms with Crippen molar-refractivity contribution in [3.8, 4) is 0 Å². The lowest BCUT2D eigenvalue weighted by Gasteiger charge is -2.33. The fraction of sp³-hybridized carbons (Fsp3) is 0.609. The van der Waals surface area contributed by atoms with E-state index in [1.54, 1.807) is 0 Å². The summed E-state index contributed by atoms with van der Waals surface area (Å²) < 4.78 is 0. The van der Waals surface area contributed by atoms with Crippen molar-refractivity contribution in [1.29, 1.82) is 0 Å². The zero-order valence-corrected chi connectivity index (χ0v) is 18.3. The Kier molecular flexibility index (Phi) is 9.15. The van der Waals surface area contributed by atoms with E-state index < -0.39 is 17.9 Å². The van der Waals surface area contributed by atoms with Crippen LogP contribution in [0.2, 0.25) is 0 Å². The van der Waals surface area contributed by atoms with Gasteiger partial charge in [0.1, 0.15) is 6.04 Å². The number of rotatable bonds is 10. The van der Waals surface area contributed by atoms with E-state index in [0.29, 0.717) is 5.92 Å². The fourth-order valence-corrected chi connectivity index (χ4v) is 3.98. The minimum atomic E-state index is -1.13. The molecule has 2 amide bonds. The number of para-hydroxylation sites is 1. The second-order valence-corrected chi connectivity index (χ2v) is 8.49. The number of carbonyl (C=O) groups excluding carboxylic acids is 2. The molecule has 0 radical (unpaired) electrons. The van der Waals surface area contributed by atoms with E-state index in [-0.39, 0.29) is 24.8 Å². The Morgan fingerprint density at radius 1 is 1.07 bits per heavy atom. The number of amides is 2. The molecule has 166 valence electrons. The lowest BCUT2D eigenvalue weighted by molar-refractivity contribution is -0.141. The average molecular weight is 418 g/mol. The predicted molar refractivity (Wildman–Crippen MR) is 117 cm³/mol. The topological polar surface area (TPSA) is 98.7 Å². The molecule has 1 aromatic carbocycles. The smallest absolute Gasteiger partial charge is 0.326 e. The molecule has 3 N–H and O–H groups in total. The quantitative estimate of drug-likeness (QED) is 0.543. The molecule has 1 aliphatic heterocycles. The molecule has 1 saturated heterocycles. The Bertz CT molecular complexity index is 729. The molecule has 1 aliphatic rings. The van der Waals surface area contributed by atoms with Crippen molar-refractivity contribution in [2.24, 2.45) is 5.92 Å². The summed E-state index contributed by atoms with van der Waals surface area (Å²) in [4.78, 5) is 37.6. The summed E-state index contributed by atoms with van der Waals surface area (Å²) in [6.45, 7) is 7.57. The Hall–Kier alpha value is -2.57. The van der Waals surface area contributed by atoms with Gasteiger partial charge < -0.3 is 20.6 Å². The highest BCUT2D eigenvalue weighted by Gasteiger charge is 2.24. The van der Waals surface area contributed by atoms with Crippen LogP contribution in [-0.4, -0.2) is 42.0 Å². The predicted octanol–water partition coefficient (Wildman–Crippen LogP) is 3.25. The van der Waals surface area contributed by atoms with Crippen LogP contribution >= 0.6 is 0 Å². The number of carbonyl (C=O) groups is 3. The van der Waals surface area contributed by atoms with Crippen molar-refractivity contribution < 1.29 is 19.5 Å². The van der Waals surface area contributed by atoms with E-state index in [4.69, 9.17) is 0 Å². The van der Waals surface area contributed by atoms with Crippen LogP contribution in [0.1, 0.15) is 70.9 Å². The van der Waals surface area contributed by atoms with Gasteiger partial charge in [-0.1, -0.05) is 32.0 Å². The molecule has 7 nitrogen and oxygen atoms in total. The normalized spacial score (nSPS) is 16.1. The Morgan fingerprint density at radius 3 is 2.33 bits per heavy atom. The summed E-state index contributed by atoms with van der Waals surface area (Å²) in [7, 11) is 0. The SMILES string of the molecule is CC(=O)N[C@@H](CCC(=O)N[C@@H](CC(C)C)c1ccccc1N1CCCCC1)C(=O)O. The third kappa shape index (κ3) is 7.35. The minimum Gasteiger partial charge on any atom is -0.480 e. The van der Waals surface area contributed by atoms with Gasteiger partial charge >= 0.3 is 5.97 Å². The molecule has 0 bridgehead atoms. The number of hydrogen-bond donors (Lipinski definition) is 3.